The number of likely N-dealkylation sites (tertiary alicyclic amines) is 2. The van der Waals surface area contributed by atoms with Crippen molar-refractivity contribution in [2.45, 2.75) is 84.5 Å². The molecule has 2 fully saturated rings. The van der Waals surface area contributed by atoms with E-state index in [4.69, 9.17) is 14.2 Å². The Hall–Kier alpha value is -1.54. The molecule has 180 valence electrons. The highest BCUT2D eigenvalue weighted by atomic mass is 16.6. The molecule has 0 radical (unpaired) electrons. The van der Waals surface area contributed by atoms with Crippen LogP contribution in [0.4, 0.5) is 9.59 Å². The van der Waals surface area contributed by atoms with Crippen LogP contribution in [0.1, 0.15) is 67.2 Å². The van der Waals surface area contributed by atoms with Crippen LogP contribution in [0.3, 0.4) is 0 Å². The van der Waals surface area contributed by atoms with Crippen LogP contribution in [0.15, 0.2) is 0 Å². The number of piperidine rings is 2. The smallest absolute Gasteiger partial charge is 0.410 e. The summed E-state index contributed by atoms with van der Waals surface area (Å²) in [7, 11) is 0. The molecular formula is C23H43N3O5. The lowest BCUT2D eigenvalue weighted by atomic mass is 9.97. The fraction of sp³-hybridized carbons (Fsp3) is 0.913. The zero-order chi connectivity index (χ0) is 23.1. The number of nitrogens with one attached hydrogen (secondary N) is 1. The third-order valence-corrected chi connectivity index (χ3v) is 5.43. The zero-order valence-corrected chi connectivity index (χ0v) is 20.4. The first-order valence-electron chi connectivity index (χ1n) is 11.7. The Balaban J connectivity index is 1.51. The van der Waals surface area contributed by atoms with E-state index >= 15 is 0 Å². The number of ether oxygens (including phenoxy) is 3. The highest BCUT2D eigenvalue weighted by molar-refractivity contribution is 5.68. The molecule has 0 aromatic rings. The zero-order valence-electron chi connectivity index (χ0n) is 20.4. The molecule has 0 bridgehead atoms. The van der Waals surface area contributed by atoms with Crippen molar-refractivity contribution < 1.29 is 23.8 Å². The van der Waals surface area contributed by atoms with Crippen molar-refractivity contribution in [3.8, 4) is 0 Å². The summed E-state index contributed by atoms with van der Waals surface area (Å²) in [6.07, 6.45) is 3.46. The van der Waals surface area contributed by atoms with Crippen molar-refractivity contribution in [3.63, 3.8) is 0 Å². The number of hydrogen-bond acceptors (Lipinski definition) is 6. The van der Waals surface area contributed by atoms with Crippen LogP contribution in [0.2, 0.25) is 0 Å². The van der Waals surface area contributed by atoms with E-state index in [-0.39, 0.29) is 18.3 Å². The molecule has 1 N–H and O–H groups in total. The van der Waals surface area contributed by atoms with Crippen molar-refractivity contribution >= 4 is 12.2 Å². The van der Waals surface area contributed by atoms with Gasteiger partial charge in [-0.05, 0) is 79.7 Å². The summed E-state index contributed by atoms with van der Waals surface area (Å²) in [5.41, 5.74) is -0.899. The SMILES string of the molecule is CC(C)(C)OC(=O)N1CCC(CNCCOC2CCN(C(=O)OC(C)(C)C)CC2)CC1. The van der Waals surface area contributed by atoms with E-state index in [9.17, 15) is 9.59 Å². The number of carbonyl (C=O) groups excluding carboxylic acids is 2. The summed E-state index contributed by atoms with van der Waals surface area (Å²) in [5.74, 6) is 0.579. The van der Waals surface area contributed by atoms with E-state index in [0.29, 0.717) is 25.6 Å². The van der Waals surface area contributed by atoms with Gasteiger partial charge in [0.1, 0.15) is 11.2 Å². The summed E-state index contributed by atoms with van der Waals surface area (Å²) >= 11 is 0. The first-order chi connectivity index (χ1) is 14.4. The Morgan fingerprint density at radius 2 is 1.26 bits per heavy atom. The van der Waals surface area contributed by atoms with E-state index in [0.717, 1.165) is 51.9 Å². The average molecular weight is 442 g/mol. The molecule has 31 heavy (non-hydrogen) atoms. The maximum Gasteiger partial charge on any atom is 0.410 e. The normalized spacial score (nSPS) is 19.4. The van der Waals surface area contributed by atoms with Gasteiger partial charge in [-0.1, -0.05) is 0 Å². The van der Waals surface area contributed by atoms with Crippen LogP contribution < -0.4 is 5.32 Å². The van der Waals surface area contributed by atoms with Crippen LogP contribution in [-0.4, -0.2) is 85.2 Å². The Labute approximate surface area is 187 Å². The predicted molar refractivity (Wildman–Crippen MR) is 120 cm³/mol. The molecule has 2 amide bonds. The minimum atomic E-state index is -0.456. The van der Waals surface area contributed by atoms with Crippen molar-refractivity contribution in [2.75, 3.05) is 45.9 Å². The van der Waals surface area contributed by atoms with Gasteiger partial charge in [-0.25, -0.2) is 9.59 Å². The first-order valence-corrected chi connectivity index (χ1v) is 11.7. The van der Waals surface area contributed by atoms with Crippen molar-refractivity contribution in [1.29, 1.82) is 0 Å². The Bertz CT molecular complexity index is 519. The monoisotopic (exact) mass is 441 g/mol. The second-order valence-electron chi connectivity index (χ2n) is 10.7. The molecule has 0 saturated carbocycles. The van der Waals surface area contributed by atoms with Gasteiger partial charge >= 0.3 is 12.2 Å². The first kappa shape index (κ1) is 25.7. The van der Waals surface area contributed by atoms with Crippen molar-refractivity contribution in [2.24, 2.45) is 5.92 Å². The van der Waals surface area contributed by atoms with Gasteiger partial charge in [0.25, 0.3) is 0 Å². The molecule has 2 aliphatic rings. The summed E-state index contributed by atoms with van der Waals surface area (Å²) in [6.45, 7) is 16.7. The second-order valence-corrected chi connectivity index (χ2v) is 10.7. The van der Waals surface area contributed by atoms with E-state index in [1.807, 2.05) is 46.4 Å². The Morgan fingerprint density at radius 1 is 0.806 bits per heavy atom. The van der Waals surface area contributed by atoms with Gasteiger partial charge in [0.05, 0.1) is 12.7 Å². The highest BCUT2D eigenvalue weighted by Gasteiger charge is 2.28. The molecule has 0 aromatic heterocycles. The Kier molecular flexibility index (Phi) is 9.43. The van der Waals surface area contributed by atoms with E-state index in [2.05, 4.69) is 5.32 Å². The molecule has 8 heteroatoms. The number of nitrogens with zero attached hydrogens (tertiary/aromatic N) is 2. The van der Waals surface area contributed by atoms with E-state index in [1.54, 1.807) is 4.90 Å². The van der Waals surface area contributed by atoms with Crippen LogP contribution in [0.5, 0.6) is 0 Å². The lowest BCUT2D eigenvalue weighted by Gasteiger charge is -2.34. The minimum Gasteiger partial charge on any atom is -0.444 e. The third-order valence-electron chi connectivity index (χ3n) is 5.43. The van der Waals surface area contributed by atoms with Crippen molar-refractivity contribution in [1.82, 2.24) is 15.1 Å². The lowest BCUT2D eigenvalue weighted by Crippen LogP contribution is -2.44. The summed E-state index contributed by atoms with van der Waals surface area (Å²) in [5, 5.41) is 3.49. The quantitative estimate of drug-likeness (QED) is 0.634. The molecule has 0 aromatic carbocycles. The van der Waals surface area contributed by atoms with Crippen LogP contribution in [0.25, 0.3) is 0 Å². The van der Waals surface area contributed by atoms with Crippen LogP contribution in [0, 0.1) is 5.92 Å². The molecule has 2 aliphatic heterocycles. The molecule has 0 spiro atoms. The molecule has 8 nitrogen and oxygen atoms in total. The van der Waals surface area contributed by atoms with Gasteiger partial charge in [-0.2, -0.15) is 0 Å². The highest BCUT2D eigenvalue weighted by Crippen LogP contribution is 2.20. The van der Waals surface area contributed by atoms with Gasteiger partial charge in [0.2, 0.25) is 0 Å². The molecule has 2 rings (SSSR count). The summed E-state index contributed by atoms with van der Waals surface area (Å²) in [4.78, 5) is 27.8. The number of hydrogen-bond donors (Lipinski definition) is 1. The Morgan fingerprint density at radius 3 is 1.71 bits per heavy atom. The second kappa shape index (κ2) is 11.4. The molecule has 2 saturated heterocycles. The van der Waals surface area contributed by atoms with Gasteiger partial charge in [-0.15, -0.1) is 0 Å². The fourth-order valence-corrected chi connectivity index (χ4v) is 3.78. The van der Waals surface area contributed by atoms with Gasteiger partial charge < -0.3 is 29.3 Å². The maximum absolute atomic E-state index is 12.1. The molecule has 0 unspecified atom stereocenters. The number of amides is 2. The molecule has 2 heterocycles. The fourth-order valence-electron chi connectivity index (χ4n) is 3.78. The van der Waals surface area contributed by atoms with Crippen LogP contribution >= 0.6 is 0 Å². The van der Waals surface area contributed by atoms with E-state index < -0.39 is 11.2 Å². The third kappa shape index (κ3) is 10.1. The minimum absolute atomic E-state index is 0.204. The maximum atomic E-state index is 12.1. The van der Waals surface area contributed by atoms with Gasteiger partial charge in [0, 0.05) is 32.7 Å². The molecule has 0 aliphatic carbocycles. The topological polar surface area (TPSA) is 80.3 Å². The van der Waals surface area contributed by atoms with Crippen LogP contribution in [-0.2, 0) is 14.2 Å². The van der Waals surface area contributed by atoms with Crippen molar-refractivity contribution in [3.05, 3.63) is 0 Å². The van der Waals surface area contributed by atoms with Gasteiger partial charge in [0.15, 0.2) is 0 Å². The standard InChI is InChI=1S/C23H43N3O5/c1-22(2,3)30-20(27)25-12-7-18(8-13-25)17-24-11-16-29-19-9-14-26(15-10-19)21(28)31-23(4,5)6/h18-19,24H,7-17H2,1-6H3. The van der Waals surface area contributed by atoms with Gasteiger partial charge in [-0.3, -0.25) is 0 Å². The summed E-state index contributed by atoms with van der Waals surface area (Å²) < 4.78 is 16.9. The predicted octanol–water partition coefficient (Wildman–Crippen LogP) is 3.64. The molecule has 0 atom stereocenters. The summed E-state index contributed by atoms with van der Waals surface area (Å²) in [6, 6.07) is 0. The number of carbonyl (C=O) groups is 2. The lowest BCUT2D eigenvalue weighted by molar-refractivity contribution is -0.0106. The number of rotatable bonds is 6. The largest absolute Gasteiger partial charge is 0.444 e. The average Bonchev–Trinajstić information content (AvgIpc) is 2.66. The van der Waals surface area contributed by atoms with E-state index in [1.165, 1.54) is 0 Å². The molecular weight excluding hydrogens is 398 g/mol.